The van der Waals surface area contributed by atoms with Crippen molar-refractivity contribution in [3.63, 3.8) is 0 Å². The molecule has 0 unspecified atom stereocenters. The molecule has 1 aliphatic rings. The number of hydrogen-bond acceptors (Lipinski definition) is 4. The van der Waals surface area contributed by atoms with Crippen LogP contribution in [-0.4, -0.2) is 28.2 Å². The third-order valence-electron chi connectivity index (χ3n) is 2.71. The van der Waals surface area contributed by atoms with E-state index in [0.29, 0.717) is 5.69 Å². The number of amidine groups is 1. The normalized spacial score (nSPS) is 17.9. The van der Waals surface area contributed by atoms with Crippen LogP contribution in [0.5, 0.6) is 0 Å². The molecule has 21 heavy (non-hydrogen) atoms. The van der Waals surface area contributed by atoms with Crippen molar-refractivity contribution in [2.24, 2.45) is 16.5 Å². The minimum Gasteiger partial charge on any atom is -0.348 e. The molecule has 1 aromatic carbocycles. The first-order valence-electron chi connectivity index (χ1n) is 6.24. The molecule has 0 aromatic heterocycles. The van der Waals surface area contributed by atoms with Gasteiger partial charge in [-0.3, -0.25) is 4.79 Å². The molecule has 2 amide bonds. The van der Waals surface area contributed by atoms with Crippen molar-refractivity contribution in [1.29, 1.82) is 0 Å². The van der Waals surface area contributed by atoms with E-state index in [1.807, 2.05) is 19.1 Å². The van der Waals surface area contributed by atoms with E-state index < -0.39 is 5.25 Å². The summed E-state index contributed by atoms with van der Waals surface area (Å²) in [6, 6.07) is 7.41. The van der Waals surface area contributed by atoms with Crippen molar-refractivity contribution >= 4 is 40.4 Å². The van der Waals surface area contributed by atoms with Crippen LogP contribution in [0.4, 0.5) is 5.69 Å². The number of aryl methyl sites for hydroxylation is 1. The van der Waals surface area contributed by atoms with Gasteiger partial charge in [-0.2, -0.15) is 0 Å². The zero-order valence-corrected chi connectivity index (χ0v) is 12.2. The Bertz CT molecular complexity index is 620. The highest BCUT2D eigenvalue weighted by Gasteiger charge is 2.33. The molecule has 1 atom stereocenters. The molecule has 0 radical (unpaired) electrons. The van der Waals surface area contributed by atoms with E-state index in [-0.39, 0.29) is 29.4 Å². The molecular weight excluding hydrogens is 290 g/mol. The highest BCUT2D eigenvalue weighted by atomic mass is 32.2. The fourth-order valence-corrected chi connectivity index (χ4v) is 2.72. The number of carbonyl (C=O) groups excluding carboxylic acids is 2. The number of anilines is 1. The summed E-state index contributed by atoms with van der Waals surface area (Å²) in [6.07, 6.45) is 0.0753. The Morgan fingerprint density at radius 2 is 2.05 bits per heavy atom. The highest BCUT2D eigenvalue weighted by molar-refractivity contribution is 8.14. The molecule has 1 heterocycles. The van der Waals surface area contributed by atoms with E-state index in [2.05, 4.69) is 15.3 Å². The average molecular weight is 306 g/mol. The first-order chi connectivity index (χ1) is 9.94. The lowest BCUT2D eigenvalue weighted by Crippen LogP contribution is -2.79. The molecule has 2 rings (SSSR count). The predicted molar refractivity (Wildman–Crippen MR) is 82.6 cm³/mol. The fraction of sp³-hybridized carbons (Fsp3) is 0.231. The monoisotopic (exact) mass is 306 g/mol. The lowest BCUT2D eigenvalue weighted by Gasteiger charge is -2.15. The number of carbonyl (C=O) groups is 2. The zero-order chi connectivity index (χ0) is 15.4. The molecule has 1 aliphatic heterocycles. The number of nitrogens with two attached hydrogens (primary N) is 2. The van der Waals surface area contributed by atoms with Gasteiger partial charge in [0.15, 0.2) is 0 Å². The quantitative estimate of drug-likeness (QED) is 0.398. The van der Waals surface area contributed by atoms with Gasteiger partial charge in [0.2, 0.25) is 5.91 Å². The lowest BCUT2D eigenvalue weighted by atomic mass is 10.2. The smallest absolute Gasteiger partial charge is 0.348 e. The minimum atomic E-state index is -0.571. The number of aliphatic imine (C=N–C) groups is 1. The van der Waals surface area contributed by atoms with Gasteiger partial charge in [-0.1, -0.05) is 17.7 Å². The van der Waals surface area contributed by atoms with Crippen molar-refractivity contribution in [3.8, 4) is 0 Å². The van der Waals surface area contributed by atoms with Gasteiger partial charge in [0, 0.05) is 10.7 Å². The summed E-state index contributed by atoms with van der Waals surface area (Å²) < 4.78 is 0. The highest BCUT2D eigenvalue weighted by Crippen LogP contribution is 2.20. The Morgan fingerprint density at radius 3 is 2.67 bits per heavy atom. The van der Waals surface area contributed by atoms with Crippen molar-refractivity contribution in [2.75, 3.05) is 5.32 Å². The molecule has 6 N–H and O–H groups in total. The Morgan fingerprint density at radius 1 is 1.38 bits per heavy atom. The average Bonchev–Trinajstić information content (AvgIpc) is 2.40. The summed E-state index contributed by atoms with van der Waals surface area (Å²) in [4.78, 5) is 30.1. The van der Waals surface area contributed by atoms with Gasteiger partial charge >= 0.3 is 17.0 Å². The largest absolute Gasteiger partial charge is 0.364 e. The number of benzene rings is 1. The number of hydrogen-bond donors (Lipinski definition) is 4. The Kier molecular flexibility index (Phi) is 4.59. The number of amides is 2. The van der Waals surface area contributed by atoms with Crippen molar-refractivity contribution in [3.05, 3.63) is 29.8 Å². The van der Waals surface area contributed by atoms with Gasteiger partial charge in [-0.05, 0) is 30.8 Å². The van der Waals surface area contributed by atoms with Crippen molar-refractivity contribution in [2.45, 2.75) is 18.6 Å². The number of thioether (sulfide) groups is 1. The first kappa shape index (κ1) is 15.0. The topological polar surface area (TPSA) is 125 Å². The molecule has 0 saturated heterocycles. The Balaban J connectivity index is 2.06. The van der Waals surface area contributed by atoms with Crippen LogP contribution >= 0.6 is 11.8 Å². The molecule has 1 aromatic rings. The molecule has 110 valence electrons. The second-order valence-electron chi connectivity index (χ2n) is 4.56. The molecule has 7 nitrogen and oxygen atoms in total. The Hall–Kier alpha value is -2.35. The van der Waals surface area contributed by atoms with Crippen LogP contribution < -0.4 is 21.8 Å². The summed E-state index contributed by atoms with van der Waals surface area (Å²) in [6.45, 7) is 1.96. The molecule has 0 saturated carbocycles. The maximum Gasteiger partial charge on any atom is 0.364 e. The van der Waals surface area contributed by atoms with E-state index in [4.69, 9.17) is 11.5 Å². The van der Waals surface area contributed by atoms with E-state index >= 15 is 0 Å². The van der Waals surface area contributed by atoms with Crippen LogP contribution in [0.25, 0.3) is 0 Å². The summed E-state index contributed by atoms with van der Waals surface area (Å²) in [5.41, 5.74) is 12.3. The van der Waals surface area contributed by atoms with Gasteiger partial charge in [-0.25, -0.2) is 9.79 Å². The van der Waals surface area contributed by atoms with E-state index in [1.165, 1.54) is 0 Å². The number of guanidine groups is 1. The van der Waals surface area contributed by atoms with Gasteiger partial charge in [-0.15, -0.1) is 0 Å². The molecule has 0 fully saturated rings. The molecule has 0 bridgehead atoms. The van der Waals surface area contributed by atoms with Crippen LogP contribution in [0.15, 0.2) is 29.3 Å². The standard InChI is InChI=1S/C13H15N5O2S/c1-7-2-4-8(5-3-7)16-11(20)9-6-10(19)17-13(21-9)18-12(14)15/h2-5,9H,6H2,1H3,(H,16,20)(H4,14,15,17,18,19)/p+1/t9-/m0/s1. The molecule has 8 heteroatoms. The second kappa shape index (κ2) is 6.40. The van der Waals surface area contributed by atoms with Gasteiger partial charge in [0.05, 0.1) is 6.42 Å². The first-order valence-corrected chi connectivity index (χ1v) is 7.12. The predicted octanol–water partition coefficient (Wildman–Crippen LogP) is -1.32. The van der Waals surface area contributed by atoms with E-state index in [0.717, 1.165) is 17.3 Å². The van der Waals surface area contributed by atoms with Gasteiger partial charge in [0.25, 0.3) is 0 Å². The van der Waals surface area contributed by atoms with E-state index in [1.54, 1.807) is 12.1 Å². The fourth-order valence-electron chi connectivity index (χ4n) is 1.72. The van der Waals surface area contributed by atoms with Gasteiger partial charge in [0.1, 0.15) is 5.25 Å². The summed E-state index contributed by atoms with van der Waals surface area (Å²) >= 11 is 1.12. The lowest BCUT2D eigenvalue weighted by molar-refractivity contribution is -0.376. The Labute approximate surface area is 125 Å². The number of nitrogens with zero attached hydrogens (tertiary/aromatic N) is 1. The number of nitrogens with one attached hydrogen (secondary N) is 2. The molecular formula is C13H16N5O2S+. The van der Waals surface area contributed by atoms with Crippen molar-refractivity contribution in [1.82, 2.24) is 0 Å². The van der Waals surface area contributed by atoms with Crippen LogP contribution in [0.1, 0.15) is 12.0 Å². The minimum absolute atomic E-state index is 0.0753. The van der Waals surface area contributed by atoms with Crippen LogP contribution in [0.2, 0.25) is 0 Å². The maximum atomic E-state index is 12.2. The maximum absolute atomic E-state index is 12.2. The summed E-state index contributed by atoms with van der Waals surface area (Å²) in [7, 11) is 0. The van der Waals surface area contributed by atoms with E-state index in [9.17, 15) is 9.59 Å². The SMILES string of the molecule is Cc1ccc(NC(=O)[C@@H]2CC(=O)[NH+]=C(N=C(N)N)S2)cc1. The third-order valence-corrected chi connectivity index (χ3v) is 3.80. The summed E-state index contributed by atoms with van der Waals surface area (Å²) in [5.74, 6) is -0.725. The van der Waals surface area contributed by atoms with Gasteiger partial charge < -0.3 is 16.8 Å². The second-order valence-corrected chi connectivity index (χ2v) is 5.75. The molecule has 0 spiro atoms. The summed E-state index contributed by atoms with van der Waals surface area (Å²) in [5, 5.41) is 2.43. The number of rotatable bonds is 2. The third kappa shape index (κ3) is 4.32. The van der Waals surface area contributed by atoms with Crippen LogP contribution in [-0.2, 0) is 9.59 Å². The molecule has 0 aliphatic carbocycles. The zero-order valence-electron chi connectivity index (χ0n) is 11.4. The van der Waals surface area contributed by atoms with Crippen LogP contribution in [0, 0.1) is 6.92 Å². The van der Waals surface area contributed by atoms with Crippen molar-refractivity contribution < 1.29 is 14.6 Å². The van der Waals surface area contributed by atoms with Crippen LogP contribution in [0.3, 0.4) is 0 Å².